The van der Waals surface area contributed by atoms with Gasteiger partial charge in [0.05, 0.1) is 10.8 Å². The molecule has 0 N–H and O–H groups in total. The second kappa shape index (κ2) is 10.5. The molecule has 5 fully saturated rings. The lowest BCUT2D eigenvalue weighted by atomic mass is 9.41. The molecule has 0 bridgehead atoms. The summed E-state index contributed by atoms with van der Waals surface area (Å²) >= 11 is 0. The van der Waals surface area contributed by atoms with E-state index in [0.717, 1.165) is 86.9 Å². The number of rotatable bonds is 6. The number of halogens is 1. The Morgan fingerprint density at radius 2 is 1.06 bits per heavy atom. The second-order valence-corrected chi connectivity index (χ2v) is 13.8. The van der Waals surface area contributed by atoms with Crippen molar-refractivity contribution in [1.82, 2.24) is 0 Å². The number of hydrogen-bond acceptors (Lipinski definition) is 1. The van der Waals surface area contributed by atoms with Crippen LogP contribution in [0.2, 0.25) is 0 Å². The van der Waals surface area contributed by atoms with Crippen molar-refractivity contribution < 1.29 is 9.18 Å². The molecule has 2 heteroatoms. The van der Waals surface area contributed by atoms with Gasteiger partial charge in [-0.15, -0.1) is 0 Å². The minimum atomic E-state index is -0.838. The molecular formula is C32H53FO. The fraction of sp³-hybridized carbons (Fsp3) is 0.969. The van der Waals surface area contributed by atoms with Crippen molar-refractivity contribution in [3.63, 3.8) is 0 Å². The molecule has 5 aliphatic rings. The molecule has 1 unspecified atom stereocenters. The largest absolute Gasteiger partial charge is 0.298 e. The molecule has 0 aromatic heterocycles. The third kappa shape index (κ3) is 4.44. The molecule has 0 heterocycles. The fourth-order valence-electron chi connectivity index (χ4n) is 9.90. The van der Waals surface area contributed by atoms with Gasteiger partial charge in [0.25, 0.3) is 0 Å². The van der Waals surface area contributed by atoms with E-state index in [0.29, 0.717) is 5.78 Å². The molecule has 1 atom stereocenters. The Morgan fingerprint density at radius 1 is 0.647 bits per heavy atom. The normalized spacial score (nSPS) is 47.6. The first-order valence-electron chi connectivity index (χ1n) is 15.7. The van der Waals surface area contributed by atoms with Crippen LogP contribution in [0.3, 0.4) is 0 Å². The van der Waals surface area contributed by atoms with Crippen LogP contribution in [0.25, 0.3) is 0 Å². The number of hydrogen-bond donors (Lipinski definition) is 0. The molecule has 194 valence electrons. The lowest BCUT2D eigenvalue weighted by molar-refractivity contribution is -0.194. The smallest absolute Gasteiger partial charge is 0.151 e. The number of carbonyl (C=O) groups excluding carboxylic acids is 1. The van der Waals surface area contributed by atoms with Gasteiger partial charge in [-0.3, -0.25) is 4.79 Å². The SMILES string of the molecule is CCCCC1CCC(C2CCC3(CC2)C(=O)C2(CCC(C4CCC(CC)CC4)CC2)C3F)CC1. The molecule has 2 spiro atoms. The molecular weight excluding hydrogens is 419 g/mol. The van der Waals surface area contributed by atoms with Crippen molar-refractivity contribution >= 4 is 5.78 Å². The number of carbonyl (C=O) groups is 1. The van der Waals surface area contributed by atoms with Crippen LogP contribution in [0.1, 0.15) is 142 Å². The van der Waals surface area contributed by atoms with Gasteiger partial charge >= 0.3 is 0 Å². The Kier molecular flexibility index (Phi) is 7.82. The maximum absolute atomic E-state index is 16.0. The van der Waals surface area contributed by atoms with Gasteiger partial charge in [0.15, 0.2) is 5.78 Å². The minimum absolute atomic E-state index is 0.377. The van der Waals surface area contributed by atoms with Crippen molar-refractivity contribution in [1.29, 1.82) is 0 Å². The molecule has 5 rings (SSSR count). The molecule has 0 aliphatic heterocycles. The van der Waals surface area contributed by atoms with E-state index in [1.165, 1.54) is 77.0 Å². The van der Waals surface area contributed by atoms with E-state index >= 15 is 4.39 Å². The third-order valence-corrected chi connectivity index (χ3v) is 12.4. The Morgan fingerprint density at radius 3 is 1.44 bits per heavy atom. The predicted molar refractivity (Wildman–Crippen MR) is 139 cm³/mol. The molecule has 0 saturated heterocycles. The Bertz CT molecular complexity index is 667. The Hall–Kier alpha value is -0.400. The van der Waals surface area contributed by atoms with Crippen molar-refractivity contribution in [3.05, 3.63) is 0 Å². The number of Topliss-reactive ketones (excluding diaryl/α,β-unsaturated/α-hetero) is 1. The van der Waals surface area contributed by atoms with E-state index in [2.05, 4.69) is 13.8 Å². The van der Waals surface area contributed by atoms with E-state index in [9.17, 15) is 4.79 Å². The lowest BCUT2D eigenvalue weighted by Gasteiger charge is -2.62. The maximum atomic E-state index is 16.0. The standard InChI is InChI=1S/C32H53FO/c1-3-5-6-24-9-13-26(14-10-24)28-17-21-32(22-18-28)29(33)31(30(32)34)19-15-27(16-20-31)25-11-7-23(4-2)8-12-25/h23-29H,3-22H2,1-2H3. The Balaban J connectivity index is 1.09. The van der Waals surface area contributed by atoms with Crippen LogP contribution in [-0.4, -0.2) is 12.0 Å². The van der Waals surface area contributed by atoms with Crippen molar-refractivity contribution in [2.45, 2.75) is 148 Å². The molecule has 0 radical (unpaired) electrons. The summed E-state index contributed by atoms with van der Waals surface area (Å²) in [4.78, 5) is 13.7. The molecule has 0 amide bonds. The highest BCUT2D eigenvalue weighted by Crippen LogP contribution is 2.66. The summed E-state index contributed by atoms with van der Waals surface area (Å²) in [5.41, 5.74) is -1.14. The lowest BCUT2D eigenvalue weighted by Crippen LogP contribution is -2.69. The summed E-state index contributed by atoms with van der Waals surface area (Å²) in [7, 11) is 0. The first-order chi connectivity index (χ1) is 16.5. The van der Waals surface area contributed by atoms with E-state index in [1.54, 1.807) is 0 Å². The van der Waals surface area contributed by atoms with Crippen molar-refractivity contribution in [3.8, 4) is 0 Å². The van der Waals surface area contributed by atoms with Gasteiger partial charge in [-0.05, 0) is 113 Å². The van der Waals surface area contributed by atoms with E-state index in [-0.39, 0.29) is 0 Å². The molecule has 5 saturated carbocycles. The zero-order valence-electron chi connectivity index (χ0n) is 22.5. The van der Waals surface area contributed by atoms with Gasteiger partial charge in [0, 0.05) is 0 Å². The molecule has 1 nitrogen and oxygen atoms in total. The van der Waals surface area contributed by atoms with Gasteiger partial charge in [0.2, 0.25) is 0 Å². The van der Waals surface area contributed by atoms with Crippen LogP contribution < -0.4 is 0 Å². The molecule has 5 aliphatic carbocycles. The highest BCUT2D eigenvalue weighted by molar-refractivity contribution is 5.98. The van der Waals surface area contributed by atoms with Gasteiger partial charge in [0.1, 0.15) is 6.17 Å². The highest BCUT2D eigenvalue weighted by atomic mass is 19.1. The zero-order chi connectivity index (χ0) is 23.8. The van der Waals surface area contributed by atoms with Crippen molar-refractivity contribution in [2.75, 3.05) is 0 Å². The van der Waals surface area contributed by atoms with Crippen LogP contribution >= 0.6 is 0 Å². The van der Waals surface area contributed by atoms with Crippen LogP contribution in [-0.2, 0) is 4.79 Å². The quantitative estimate of drug-likeness (QED) is 0.376. The highest BCUT2D eigenvalue weighted by Gasteiger charge is 2.71. The predicted octanol–water partition coefficient (Wildman–Crippen LogP) is 9.47. The number of alkyl halides is 1. The summed E-state index contributed by atoms with van der Waals surface area (Å²) in [5, 5.41) is 0. The third-order valence-electron chi connectivity index (χ3n) is 12.4. The summed E-state index contributed by atoms with van der Waals surface area (Å²) in [6.45, 7) is 4.64. The topological polar surface area (TPSA) is 17.1 Å². The first-order valence-corrected chi connectivity index (χ1v) is 15.7. The van der Waals surface area contributed by atoms with E-state index < -0.39 is 17.0 Å². The van der Waals surface area contributed by atoms with Crippen molar-refractivity contribution in [2.24, 2.45) is 46.3 Å². The van der Waals surface area contributed by atoms with Gasteiger partial charge in [-0.1, -0.05) is 65.2 Å². The molecule has 0 aromatic rings. The van der Waals surface area contributed by atoms with Crippen LogP contribution in [0, 0.1) is 46.3 Å². The average molecular weight is 473 g/mol. The summed E-state index contributed by atoms with van der Waals surface area (Å²) in [5.74, 6) is 5.53. The first kappa shape index (κ1) is 25.3. The molecule has 0 aromatic carbocycles. The number of unbranched alkanes of at least 4 members (excludes halogenated alkanes) is 1. The van der Waals surface area contributed by atoms with Gasteiger partial charge in [-0.25, -0.2) is 4.39 Å². The van der Waals surface area contributed by atoms with Gasteiger partial charge < -0.3 is 0 Å². The van der Waals surface area contributed by atoms with Crippen LogP contribution in [0.5, 0.6) is 0 Å². The average Bonchev–Trinajstić information content (AvgIpc) is 2.92. The van der Waals surface area contributed by atoms with E-state index in [4.69, 9.17) is 0 Å². The fourth-order valence-corrected chi connectivity index (χ4v) is 9.90. The number of ketones is 1. The van der Waals surface area contributed by atoms with E-state index in [1.807, 2.05) is 0 Å². The van der Waals surface area contributed by atoms with Gasteiger partial charge in [-0.2, -0.15) is 0 Å². The summed E-state index contributed by atoms with van der Waals surface area (Å²) < 4.78 is 16.0. The monoisotopic (exact) mass is 472 g/mol. The maximum Gasteiger partial charge on any atom is 0.151 e. The summed E-state index contributed by atoms with van der Waals surface area (Å²) in [6, 6.07) is 0. The molecule has 34 heavy (non-hydrogen) atoms. The summed E-state index contributed by atoms with van der Waals surface area (Å²) in [6.07, 6.45) is 23.8. The second-order valence-electron chi connectivity index (χ2n) is 13.8. The van der Waals surface area contributed by atoms with Crippen LogP contribution in [0.15, 0.2) is 0 Å². The Labute approximate surface area is 209 Å². The minimum Gasteiger partial charge on any atom is -0.298 e. The zero-order valence-corrected chi connectivity index (χ0v) is 22.5. The van der Waals surface area contributed by atoms with Crippen LogP contribution in [0.4, 0.5) is 4.39 Å².